The number of benzene rings is 3. The van der Waals surface area contributed by atoms with Crippen molar-refractivity contribution in [2.24, 2.45) is 0 Å². The van der Waals surface area contributed by atoms with E-state index in [2.05, 4.69) is 0 Å². The zero-order valence-corrected chi connectivity index (χ0v) is 16.7. The summed E-state index contributed by atoms with van der Waals surface area (Å²) >= 11 is 0. The first-order valence-electron chi connectivity index (χ1n) is 9.60. The van der Waals surface area contributed by atoms with Crippen LogP contribution in [0.15, 0.2) is 91.0 Å². The van der Waals surface area contributed by atoms with Crippen molar-refractivity contribution in [3.05, 3.63) is 102 Å². The second-order valence-corrected chi connectivity index (χ2v) is 6.45. The van der Waals surface area contributed by atoms with Crippen molar-refractivity contribution in [2.75, 3.05) is 18.8 Å². The van der Waals surface area contributed by atoms with Crippen molar-refractivity contribution < 1.29 is 19.2 Å². The third-order valence-electron chi connectivity index (χ3n) is 4.37. The number of Topliss-reactive ketones (excluding diaryl/α,β-unsaturated/α-hetero) is 1. The number of amides is 1. The SMILES string of the molecule is COc1ccc(N(OCCC(=O)c2ccccc2)C(=O)/C=C/c2ccccc2)cc1. The summed E-state index contributed by atoms with van der Waals surface area (Å²) in [4.78, 5) is 30.8. The van der Waals surface area contributed by atoms with Crippen molar-refractivity contribution in [3.63, 3.8) is 0 Å². The number of hydrogen-bond donors (Lipinski definition) is 0. The Morgan fingerprint density at radius 1 is 0.867 bits per heavy atom. The molecule has 1 amide bonds. The van der Waals surface area contributed by atoms with Gasteiger partial charge in [-0.1, -0.05) is 60.7 Å². The number of hydroxylamine groups is 1. The Labute approximate surface area is 176 Å². The van der Waals surface area contributed by atoms with Crippen LogP contribution in [0, 0.1) is 0 Å². The second kappa shape index (κ2) is 10.7. The van der Waals surface area contributed by atoms with E-state index in [-0.39, 0.29) is 24.7 Å². The number of hydrogen-bond acceptors (Lipinski definition) is 4. The average Bonchev–Trinajstić information content (AvgIpc) is 2.81. The van der Waals surface area contributed by atoms with E-state index < -0.39 is 0 Å². The zero-order valence-electron chi connectivity index (χ0n) is 16.7. The molecule has 3 aromatic carbocycles. The molecule has 0 radical (unpaired) electrons. The van der Waals surface area contributed by atoms with Gasteiger partial charge in [-0.3, -0.25) is 14.4 Å². The quantitative estimate of drug-likeness (QED) is 0.289. The van der Waals surface area contributed by atoms with Crippen molar-refractivity contribution in [1.82, 2.24) is 0 Å². The van der Waals surface area contributed by atoms with E-state index in [1.54, 1.807) is 49.6 Å². The van der Waals surface area contributed by atoms with Gasteiger partial charge >= 0.3 is 0 Å². The van der Waals surface area contributed by atoms with Crippen molar-refractivity contribution >= 4 is 23.5 Å². The number of carbonyl (C=O) groups is 2. The molecule has 0 saturated heterocycles. The minimum absolute atomic E-state index is 0.0439. The first-order chi connectivity index (χ1) is 14.7. The molecule has 0 heterocycles. The van der Waals surface area contributed by atoms with Crippen LogP contribution in [0.4, 0.5) is 5.69 Å². The number of ether oxygens (including phenoxy) is 1. The Bertz CT molecular complexity index is 983. The van der Waals surface area contributed by atoms with Crippen molar-refractivity contribution in [3.8, 4) is 5.75 Å². The van der Waals surface area contributed by atoms with Gasteiger partial charge in [-0.25, -0.2) is 0 Å². The highest BCUT2D eigenvalue weighted by atomic mass is 16.7. The Morgan fingerprint density at radius 2 is 1.50 bits per heavy atom. The zero-order chi connectivity index (χ0) is 21.2. The highest BCUT2D eigenvalue weighted by Crippen LogP contribution is 2.20. The van der Waals surface area contributed by atoms with E-state index in [4.69, 9.17) is 9.57 Å². The van der Waals surface area contributed by atoms with Crippen LogP contribution in [0.3, 0.4) is 0 Å². The normalized spacial score (nSPS) is 10.7. The number of anilines is 1. The van der Waals surface area contributed by atoms with Crippen LogP contribution >= 0.6 is 0 Å². The fraction of sp³-hybridized carbons (Fsp3) is 0.120. The molecule has 3 aromatic rings. The van der Waals surface area contributed by atoms with Gasteiger partial charge in [0, 0.05) is 18.1 Å². The molecule has 0 aliphatic heterocycles. The van der Waals surface area contributed by atoms with Crippen molar-refractivity contribution in [2.45, 2.75) is 6.42 Å². The summed E-state index contributed by atoms with van der Waals surface area (Å²) in [5, 5.41) is 1.19. The maximum absolute atomic E-state index is 12.8. The van der Waals surface area contributed by atoms with E-state index in [9.17, 15) is 9.59 Å². The highest BCUT2D eigenvalue weighted by Gasteiger charge is 2.16. The number of nitrogens with zero attached hydrogens (tertiary/aromatic N) is 1. The molecule has 0 N–H and O–H groups in total. The molecule has 5 heteroatoms. The molecule has 3 rings (SSSR count). The van der Waals surface area contributed by atoms with Gasteiger partial charge < -0.3 is 4.74 Å². The molecule has 0 fully saturated rings. The van der Waals surface area contributed by atoms with Crippen LogP contribution < -0.4 is 9.80 Å². The summed E-state index contributed by atoms with van der Waals surface area (Å²) in [5.41, 5.74) is 2.07. The largest absolute Gasteiger partial charge is 0.497 e. The summed E-state index contributed by atoms with van der Waals surface area (Å²) < 4.78 is 5.17. The highest BCUT2D eigenvalue weighted by molar-refractivity contribution is 6.02. The Kier molecular flexibility index (Phi) is 7.52. The van der Waals surface area contributed by atoms with E-state index in [1.165, 1.54) is 11.1 Å². The van der Waals surface area contributed by atoms with E-state index >= 15 is 0 Å². The number of rotatable bonds is 9. The molecule has 0 atom stereocenters. The van der Waals surface area contributed by atoms with Crippen LogP contribution in [-0.2, 0) is 9.63 Å². The van der Waals surface area contributed by atoms with Gasteiger partial charge in [0.1, 0.15) is 5.75 Å². The lowest BCUT2D eigenvalue weighted by Crippen LogP contribution is -2.30. The van der Waals surface area contributed by atoms with E-state index in [0.717, 1.165) is 5.56 Å². The third-order valence-corrected chi connectivity index (χ3v) is 4.37. The first-order valence-corrected chi connectivity index (χ1v) is 9.60. The third kappa shape index (κ3) is 5.90. The summed E-state index contributed by atoms with van der Waals surface area (Å²) in [5.74, 6) is 0.277. The minimum atomic E-state index is -0.351. The molecule has 0 saturated carbocycles. The number of carbonyl (C=O) groups excluding carboxylic acids is 2. The molecule has 0 spiro atoms. The van der Waals surface area contributed by atoms with E-state index in [0.29, 0.717) is 17.0 Å². The number of ketones is 1. The van der Waals surface area contributed by atoms with Gasteiger partial charge in [-0.15, -0.1) is 0 Å². The van der Waals surface area contributed by atoms with Gasteiger partial charge in [0.25, 0.3) is 5.91 Å². The average molecular weight is 401 g/mol. The summed E-state index contributed by atoms with van der Waals surface area (Å²) in [6.45, 7) is 0.0741. The van der Waals surface area contributed by atoms with Crippen LogP contribution in [0.5, 0.6) is 5.75 Å². The molecule has 0 bridgehead atoms. The first kappa shape index (κ1) is 21.0. The summed E-state index contributed by atoms with van der Waals surface area (Å²) in [7, 11) is 1.58. The molecular formula is C25H23NO4. The van der Waals surface area contributed by atoms with Crippen LogP contribution in [0.25, 0.3) is 6.08 Å². The topological polar surface area (TPSA) is 55.8 Å². The molecule has 0 unspecified atom stereocenters. The standard InChI is InChI=1S/C25H23NO4/c1-29-23-15-13-22(14-16-23)26(25(28)17-12-20-8-4-2-5-9-20)30-19-18-24(27)21-10-6-3-7-11-21/h2-17H,18-19H2,1H3/b17-12+. The Hall–Kier alpha value is -3.70. The lowest BCUT2D eigenvalue weighted by atomic mass is 10.1. The fourth-order valence-corrected chi connectivity index (χ4v) is 2.78. The van der Waals surface area contributed by atoms with Gasteiger partial charge in [0.2, 0.25) is 0 Å². The summed E-state index contributed by atoms with van der Waals surface area (Å²) in [6, 6.07) is 25.5. The van der Waals surface area contributed by atoms with Crippen LogP contribution in [0.2, 0.25) is 0 Å². The van der Waals surface area contributed by atoms with Gasteiger partial charge in [-0.05, 0) is 35.9 Å². The number of methoxy groups -OCH3 is 1. The second-order valence-electron chi connectivity index (χ2n) is 6.45. The molecular weight excluding hydrogens is 378 g/mol. The maximum atomic E-state index is 12.8. The van der Waals surface area contributed by atoms with Crippen molar-refractivity contribution in [1.29, 1.82) is 0 Å². The maximum Gasteiger partial charge on any atom is 0.274 e. The molecule has 30 heavy (non-hydrogen) atoms. The smallest absolute Gasteiger partial charge is 0.274 e. The molecule has 0 aromatic heterocycles. The summed E-state index contributed by atoms with van der Waals surface area (Å²) in [6.07, 6.45) is 3.32. The Balaban J connectivity index is 1.70. The van der Waals surface area contributed by atoms with Gasteiger partial charge in [0.05, 0.1) is 19.4 Å². The Morgan fingerprint density at radius 3 is 2.13 bits per heavy atom. The predicted octanol–water partition coefficient (Wildman–Crippen LogP) is 4.95. The van der Waals surface area contributed by atoms with Crippen LogP contribution in [0.1, 0.15) is 22.3 Å². The van der Waals surface area contributed by atoms with Crippen LogP contribution in [-0.4, -0.2) is 25.4 Å². The fourth-order valence-electron chi connectivity index (χ4n) is 2.78. The van der Waals surface area contributed by atoms with E-state index in [1.807, 2.05) is 48.5 Å². The molecule has 0 aliphatic rings. The lowest BCUT2D eigenvalue weighted by molar-refractivity contribution is -0.121. The monoisotopic (exact) mass is 401 g/mol. The molecule has 0 aliphatic carbocycles. The lowest BCUT2D eigenvalue weighted by Gasteiger charge is -2.20. The molecule has 5 nitrogen and oxygen atoms in total. The minimum Gasteiger partial charge on any atom is -0.497 e. The van der Waals surface area contributed by atoms with Gasteiger partial charge in [0.15, 0.2) is 5.78 Å². The predicted molar refractivity (Wildman–Crippen MR) is 117 cm³/mol. The van der Waals surface area contributed by atoms with Gasteiger partial charge in [-0.2, -0.15) is 5.06 Å². The molecule has 152 valence electrons.